The number of para-hydroxylation sites is 2. The van der Waals surface area contributed by atoms with Gasteiger partial charge in [-0.05, 0) is 43.3 Å². The number of carboxylic acids is 1. The molecule has 0 radical (unpaired) electrons. The van der Waals surface area contributed by atoms with E-state index in [-0.39, 0.29) is 25.0 Å². The number of halogens is 2. The number of nitrogens with one attached hydrogen (secondary N) is 2. The number of aromatic hydroxyl groups is 2. The van der Waals surface area contributed by atoms with Crippen molar-refractivity contribution >= 4 is 93.9 Å². The minimum atomic E-state index is -1.59. The number of hydrogen-bond donors (Lipinski definition) is 5. The van der Waals surface area contributed by atoms with Crippen LogP contribution in [0.5, 0.6) is 11.8 Å². The van der Waals surface area contributed by atoms with Gasteiger partial charge in [0.25, 0.3) is 0 Å². The highest BCUT2D eigenvalue weighted by Crippen LogP contribution is 2.38. The fourth-order valence-electron chi connectivity index (χ4n) is 6.11. The summed E-state index contributed by atoms with van der Waals surface area (Å²) in [6.45, 7) is 0.709. The second kappa shape index (κ2) is 12.5. The van der Waals surface area contributed by atoms with E-state index >= 15 is 0 Å². The third-order valence-corrected chi connectivity index (χ3v) is 9.77. The van der Waals surface area contributed by atoms with E-state index in [9.17, 15) is 20.1 Å². The van der Waals surface area contributed by atoms with Crippen LogP contribution in [-0.2, 0) is 14.5 Å². The van der Waals surface area contributed by atoms with Crippen molar-refractivity contribution in [3.05, 3.63) is 116 Å². The van der Waals surface area contributed by atoms with Crippen LogP contribution in [0.15, 0.2) is 114 Å². The molecule has 8 rings (SSSR count). The number of aromatic nitrogens is 2. The third kappa shape index (κ3) is 5.65. The van der Waals surface area contributed by atoms with Crippen LogP contribution in [0.2, 0.25) is 0 Å². The van der Waals surface area contributed by atoms with E-state index in [1.165, 1.54) is 6.92 Å². The number of aliphatic carboxylic acids is 1. The van der Waals surface area contributed by atoms with Crippen molar-refractivity contribution in [2.24, 2.45) is 25.7 Å². The number of aliphatic imine (C=N–C) groups is 2. The summed E-state index contributed by atoms with van der Waals surface area (Å²) in [6.07, 6.45) is 0. The van der Waals surface area contributed by atoms with Gasteiger partial charge in [0.1, 0.15) is 41.5 Å². The molecule has 14 heteroatoms. The molecule has 4 heterocycles. The Hall–Kier alpha value is -5.73. The summed E-state index contributed by atoms with van der Waals surface area (Å²) in [5.41, 5.74) is 4.70. The maximum absolute atomic E-state index is 12.6. The Morgan fingerprint density at radius 3 is 1.59 bits per heavy atom. The first-order chi connectivity index (χ1) is 24.6. The molecule has 0 amide bonds. The van der Waals surface area contributed by atoms with Crippen molar-refractivity contribution in [3.8, 4) is 11.8 Å². The normalized spacial score (nSPS) is 16.3. The van der Waals surface area contributed by atoms with E-state index in [2.05, 4.69) is 52.1 Å². The van der Waals surface area contributed by atoms with Gasteiger partial charge in [-0.25, -0.2) is 9.98 Å². The summed E-state index contributed by atoms with van der Waals surface area (Å²) in [4.78, 5) is 39.6. The van der Waals surface area contributed by atoms with E-state index in [1.807, 2.05) is 84.9 Å². The first kappa shape index (κ1) is 32.5. The standard InChI is InChI=1S/C37H26Br2N6O6/c1-37(36(48)49,16-50-44-30-22-6-2-4-8-24(22)40-32(30)28-20-12-10-18(38)14-26(20)42-34(28)46)17-51-45-31-23-7-3-5-9-25(23)41-33(31)29-21-13-11-19(39)15-27(21)43-35(29)47/h2-15,42-43,46-47H,16-17H2,1H3,(H,48,49). The summed E-state index contributed by atoms with van der Waals surface area (Å²) in [6, 6.07) is 25.8. The van der Waals surface area contributed by atoms with E-state index in [0.29, 0.717) is 67.5 Å². The van der Waals surface area contributed by atoms with Gasteiger partial charge in [-0.3, -0.25) is 4.79 Å². The lowest BCUT2D eigenvalue weighted by Crippen LogP contribution is -2.37. The second-order valence-corrected chi connectivity index (χ2v) is 14.2. The van der Waals surface area contributed by atoms with E-state index in [1.54, 1.807) is 0 Å². The number of rotatable bonds is 9. The van der Waals surface area contributed by atoms with Crippen LogP contribution < -0.4 is 0 Å². The predicted octanol–water partition coefficient (Wildman–Crippen LogP) is 8.09. The molecular formula is C37H26Br2N6O6. The van der Waals surface area contributed by atoms with Crippen molar-refractivity contribution in [2.45, 2.75) is 6.92 Å². The molecule has 6 aromatic rings. The van der Waals surface area contributed by atoms with Gasteiger partial charge >= 0.3 is 5.97 Å². The number of carboxylic acid groups (broad SMARTS) is 1. The predicted molar refractivity (Wildman–Crippen MR) is 201 cm³/mol. The summed E-state index contributed by atoms with van der Waals surface area (Å²) in [5.74, 6) is -1.37. The van der Waals surface area contributed by atoms with Crippen molar-refractivity contribution < 1.29 is 29.8 Å². The first-order valence-electron chi connectivity index (χ1n) is 15.6. The Labute approximate surface area is 306 Å². The molecule has 4 aromatic carbocycles. The quantitative estimate of drug-likeness (QED) is 0.0922. The van der Waals surface area contributed by atoms with Crippen LogP contribution in [-0.4, -0.2) is 67.3 Å². The number of benzene rings is 4. The molecule has 0 unspecified atom stereocenters. The molecule has 0 spiro atoms. The monoisotopic (exact) mass is 808 g/mol. The van der Waals surface area contributed by atoms with Gasteiger partial charge in [0.2, 0.25) is 0 Å². The molecule has 2 aromatic heterocycles. The molecular weight excluding hydrogens is 784 g/mol. The van der Waals surface area contributed by atoms with Crippen LogP contribution in [0.1, 0.15) is 29.2 Å². The molecule has 0 fully saturated rings. The molecule has 2 aliphatic rings. The summed E-state index contributed by atoms with van der Waals surface area (Å²) >= 11 is 6.92. The topological polar surface area (TPSA) is 177 Å². The number of H-pyrrole nitrogens is 2. The molecule has 254 valence electrons. The van der Waals surface area contributed by atoms with Gasteiger partial charge in [-0.1, -0.05) is 90.7 Å². The first-order valence-corrected chi connectivity index (χ1v) is 17.2. The van der Waals surface area contributed by atoms with Gasteiger partial charge in [0, 0.05) is 30.8 Å². The molecule has 0 saturated carbocycles. The highest BCUT2D eigenvalue weighted by atomic mass is 79.9. The lowest BCUT2D eigenvalue weighted by molar-refractivity contribution is -0.156. The molecule has 51 heavy (non-hydrogen) atoms. The van der Waals surface area contributed by atoms with Gasteiger partial charge in [-0.2, -0.15) is 0 Å². The summed E-state index contributed by atoms with van der Waals surface area (Å²) < 4.78 is 1.67. The Balaban J connectivity index is 1.07. The zero-order chi connectivity index (χ0) is 35.4. The Kier molecular flexibility index (Phi) is 7.99. The van der Waals surface area contributed by atoms with Crippen LogP contribution in [0.25, 0.3) is 21.8 Å². The molecule has 12 nitrogen and oxygen atoms in total. The zero-order valence-corrected chi connectivity index (χ0v) is 29.8. The van der Waals surface area contributed by atoms with Crippen molar-refractivity contribution in [1.82, 2.24) is 9.97 Å². The number of aromatic amines is 2. The maximum Gasteiger partial charge on any atom is 0.316 e. The second-order valence-electron chi connectivity index (χ2n) is 12.3. The molecule has 0 aliphatic carbocycles. The highest BCUT2D eigenvalue weighted by molar-refractivity contribution is 9.10. The molecule has 0 saturated heterocycles. The van der Waals surface area contributed by atoms with E-state index < -0.39 is 11.4 Å². The molecule has 2 aliphatic heterocycles. The van der Waals surface area contributed by atoms with Gasteiger partial charge in [0.15, 0.2) is 11.8 Å². The lowest BCUT2D eigenvalue weighted by atomic mass is 9.93. The van der Waals surface area contributed by atoms with Crippen LogP contribution in [0, 0.1) is 5.41 Å². The van der Waals surface area contributed by atoms with Gasteiger partial charge in [0.05, 0.1) is 33.5 Å². The van der Waals surface area contributed by atoms with Gasteiger partial charge < -0.3 is 35.0 Å². The minimum Gasteiger partial charge on any atom is -0.494 e. The summed E-state index contributed by atoms with van der Waals surface area (Å²) in [7, 11) is 0. The number of hydrogen-bond acceptors (Lipinski definition) is 9. The van der Waals surface area contributed by atoms with Crippen molar-refractivity contribution in [3.63, 3.8) is 0 Å². The zero-order valence-electron chi connectivity index (χ0n) is 26.6. The number of fused-ring (bicyclic) bond motifs is 4. The number of nitrogens with zero attached hydrogens (tertiary/aromatic N) is 4. The average Bonchev–Trinajstić information content (AvgIpc) is 3.83. The summed E-state index contributed by atoms with van der Waals surface area (Å²) in [5, 5.41) is 42.4. The fraction of sp³-hybridized carbons (Fsp3) is 0.108. The SMILES string of the molecule is CC(CON=C1C(c2c(O)[nH]c3cc(Br)ccc23)=Nc2ccccc21)(CON=C1C(c2c(O)[nH]c3cc(Br)ccc23)=Nc2ccccc21)C(=O)O. The maximum atomic E-state index is 12.6. The molecule has 0 bridgehead atoms. The van der Waals surface area contributed by atoms with Gasteiger partial charge in [-0.15, -0.1) is 0 Å². The third-order valence-electron chi connectivity index (χ3n) is 8.78. The lowest BCUT2D eigenvalue weighted by Gasteiger charge is -2.21. The Morgan fingerprint density at radius 2 is 1.16 bits per heavy atom. The number of carbonyl (C=O) groups is 1. The number of oxime groups is 2. The van der Waals surface area contributed by atoms with Crippen molar-refractivity contribution in [2.75, 3.05) is 13.2 Å². The minimum absolute atomic E-state index is 0.0875. The Morgan fingerprint density at radius 1 is 0.725 bits per heavy atom. The Bertz CT molecular complexity index is 2380. The van der Waals surface area contributed by atoms with Crippen LogP contribution >= 0.6 is 31.9 Å². The smallest absolute Gasteiger partial charge is 0.316 e. The van der Waals surface area contributed by atoms with E-state index in [4.69, 9.17) is 19.7 Å². The van der Waals surface area contributed by atoms with Crippen LogP contribution in [0.3, 0.4) is 0 Å². The molecule has 5 N–H and O–H groups in total. The van der Waals surface area contributed by atoms with Crippen molar-refractivity contribution in [1.29, 1.82) is 0 Å². The fourth-order valence-corrected chi connectivity index (χ4v) is 6.83. The average molecular weight is 810 g/mol. The van der Waals surface area contributed by atoms with E-state index in [0.717, 1.165) is 19.7 Å². The molecule has 0 atom stereocenters. The van der Waals surface area contributed by atoms with Crippen LogP contribution in [0.4, 0.5) is 11.4 Å². The largest absolute Gasteiger partial charge is 0.494 e. The highest BCUT2D eigenvalue weighted by Gasteiger charge is 2.38.